The van der Waals surface area contributed by atoms with E-state index in [4.69, 9.17) is 0 Å². The van der Waals surface area contributed by atoms with E-state index in [1.807, 2.05) is 0 Å². The molecular weight excluding hydrogens is 220 g/mol. The molecule has 2 saturated carbocycles. The first-order chi connectivity index (χ1) is 8.29. The second-order valence-corrected chi connectivity index (χ2v) is 8.28. The Balaban J connectivity index is 1.86. The average Bonchev–Trinajstić information content (AvgIpc) is 2.28. The number of ketones is 1. The van der Waals surface area contributed by atoms with Gasteiger partial charge in [0.2, 0.25) is 0 Å². The number of hydrogen-bond donors (Lipinski definition) is 0. The van der Waals surface area contributed by atoms with Crippen LogP contribution in [0.3, 0.4) is 0 Å². The summed E-state index contributed by atoms with van der Waals surface area (Å²) in [5, 5.41) is 0. The van der Waals surface area contributed by atoms with Crippen LogP contribution >= 0.6 is 0 Å². The molecule has 0 atom stereocenters. The Morgan fingerprint density at radius 2 is 1.00 bits per heavy atom. The van der Waals surface area contributed by atoms with Crippen LogP contribution in [0, 0.1) is 22.7 Å². The van der Waals surface area contributed by atoms with Crippen LogP contribution in [0.4, 0.5) is 0 Å². The summed E-state index contributed by atoms with van der Waals surface area (Å²) in [6.45, 7) is 9.38. The van der Waals surface area contributed by atoms with Crippen molar-refractivity contribution >= 4 is 5.78 Å². The highest BCUT2D eigenvalue weighted by Crippen LogP contribution is 2.43. The molecule has 18 heavy (non-hydrogen) atoms. The van der Waals surface area contributed by atoms with Gasteiger partial charge in [-0.1, -0.05) is 27.7 Å². The van der Waals surface area contributed by atoms with E-state index in [1.165, 1.54) is 25.7 Å². The molecule has 0 spiro atoms. The smallest absolute Gasteiger partial charge is 0.139 e. The van der Waals surface area contributed by atoms with E-state index in [9.17, 15) is 4.79 Å². The van der Waals surface area contributed by atoms with Gasteiger partial charge in [0.05, 0.1) is 0 Å². The van der Waals surface area contributed by atoms with Gasteiger partial charge in [0.15, 0.2) is 0 Å². The molecule has 2 fully saturated rings. The summed E-state index contributed by atoms with van der Waals surface area (Å²) in [4.78, 5) is 12.6. The Labute approximate surface area is 113 Å². The molecule has 0 saturated heterocycles. The van der Waals surface area contributed by atoms with Gasteiger partial charge in [0.25, 0.3) is 0 Å². The fourth-order valence-electron chi connectivity index (χ4n) is 3.70. The van der Waals surface area contributed by atoms with Crippen LogP contribution in [-0.2, 0) is 4.79 Å². The average molecular weight is 250 g/mol. The first kappa shape index (κ1) is 14.1. The van der Waals surface area contributed by atoms with Gasteiger partial charge >= 0.3 is 0 Å². The third-order valence-electron chi connectivity index (χ3n) is 5.48. The maximum Gasteiger partial charge on any atom is 0.139 e. The van der Waals surface area contributed by atoms with E-state index in [1.54, 1.807) is 0 Å². The van der Waals surface area contributed by atoms with Crippen molar-refractivity contribution in [3.8, 4) is 0 Å². The van der Waals surface area contributed by atoms with Crippen molar-refractivity contribution in [2.45, 2.75) is 79.1 Å². The van der Waals surface area contributed by atoms with Gasteiger partial charge in [0.1, 0.15) is 5.78 Å². The second-order valence-electron chi connectivity index (χ2n) is 8.28. The Morgan fingerprint density at radius 1 is 0.722 bits per heavy atom. The van der Waals surface area contributed by atoms with Gasteiger partial charge in [-0.25, -0.2) is 0 Å². The van der Waals surface area contributed by atoms with Crippen LogP contribution in [0.25, 0.3) is 0 Å². The minimum atomic E-state index is 0.393. The zero-order chi connectivity index (χ0) is 13.4. The number of hydrogen-bond acceptors (Lipinski definition) is 1. The molecule has 0 N–H and O–H groups in total. The second kappa shape index (κ2) is 4.98. The standard InChI is InChI=1S/C17H30O/c1-16(2)9-5-13(6-10-16)15(18)14-7-11-17(3,4)12-8-14/h13-14H,5-12H2,1-4H3. The van der Waals surface area contributed by atoms with E-state index in [2.05, 4.69) is 27.7 Å². The Bertz CT molecular complexity index is 264. The molecule has 0 heterocycles. The lowest BCUT2D eigenvalue weighted by Gasteiger charge is -2.38. The first-order valence-corrected chi connectivity index (χ1v) is 7.83. The van der Waals surface area contributed by atoms with Crippen molar-refractivity contribution in [1.82, 2.24) is 0 Å². The first-order valence-electron chi connectivity index (χ1n) is 7.83. The summed E-state index contributed by atoms with van der Waals surface area (Å²) >= 11 is 0. The van der Waals surface area contributed by atoms with E-state index < -0.39 is 0 Å². The maximum absolute atomic E-state index is 12.6. The van der Waals surface area contributed by atoms with Gasteiger partial charge in [-0.15, -0.1) is 0 Å². The van der Waals surface area contributed by atoms with Gasteiger partial charge in [0, 0.05) is 11.8 Å². The number of carbonyl (C=O) groups excluding carboxylic acids is 1. The summed E-state index contributed by atoms with van der Waals surface area (Å²) < 4.78 is 0. The molecule has 2 rings (SSSR count). The van der Waals surface area contributed by atoms with Gasteiger partial charge < -0.3 is 0 Å². The van der Waals surface area contributed by atoms with Crippen LogP contribution in [0.5, 0.6) is 0 Å². The minimum absolute atomic E-state index is 0.393. The molecule has 1 heteroatoms. The predicted molar refractivity (Wildman–Crippen MR) is 76.5 cm³/mol. The Hall–Kier alpha value is -0.330. The number of carbonyl (C=O) groups is 1. The highest BCUT2D eigenvalue weighted by molar-refractivity contribution is 5.83. The molecule has 2 aliphatic carbocycles. The maximum atomic E-state index is 12.6. The summed E-state index contributed by atoms with van der Waals surface area (Å²) in [6, 6.07) is 0. The molecule has 1 nitrogen and oxygen atoms in total. The van der Waals surface area contributed by atoms with E-state index in [0.717, 1.165) is 25.7 Å². The molecule has 0 aromatic heterocycles. The molecule has 0 aromatic carbocycles. The lowest BCUT2D eigenvalue weighted by atomic mass is 9.66. The summed E-state index contributed by atoms with van der Waals surface area (Å²) in [5.41, 5.74) is 0.955. The molecule has 0 radical (unpaired) electrons. The van der Waals surface area contributed by atoms with E-state index in [0.29, 0.717) is 28.4 Å². The number of rotatable bonds is 2. The van der Waals surface area contributed by atoms with Gasteiger partial charge in [-0.3, -0.25) is 4.79 Å². The molecule has 0 amide bonds. The van der Waals surface area contributed by atoms with E-state index in [-0.39, 0.29) is 0 Å². The van der Waals surface area contributed by atoms with Gasteiger partial charge in [-0.05, 0) is 62.2 Å². The van der Waals surface area contributed by atoms with Gasteiger partial charge in [-0.2, -0.15) is 0 Å². The van der Waals surface area contributed by atoms with E-state index >= 15 is 0 Å². The topological polar surface area (TPSA) is 17.1 Å². The Kier molecular flexibility index (Phi) is 3.90. The largest absolute Gasteiger partial charge is 0.299 e. The zero-order valence-corrected chi connectivity index (χ0v) is 12.7. The van der Waals surface area contributed by atoms with Crippen molar-refractivity contribution in [1.29, 1.82) is 0 Å². The Morgan fingerprint density at radius 3 is 1.28 bits per heavy atom. The normalized spacial score (nSPS) is 29.1. The van der Waals surface area contributed by atoms with Crippen molar-refractivity contribution in [3.05, 3.63) is 0 Å². The van der Waals surface area contributed by atoms with Crippen LogP contribution in [0.15, 0.2) is 0 Å². The summed E-state index contributed by atoms with van der Waals surface area (Å²) in [5.74, 6) is 1.40. The molecule has 104 valence electrons. The molecule has 0 unspecified atom stereocenters. The molecule has 0 aliphatic heterocycles. The molecule has 0 bridgehead atoms. The van der Waals surface area contributed by atoms with Crippen molar-refractivity contribution in [2.75, 3.05) is 0 Å². The lowest BCUT2D eigenvalue weighted by molar-refractivity contribution is -0.130. The monoisotopic (exact) mass is 250 g/mol. The minimum Gasteiger partial charge on any atom is -0.299 e. The third kappa shape index (κ3) is 3.36. The third-order valence-corrected chi connectivity index (χ3v) is 5.48. The fourth-order valence-corrected chi connectivity index (χ4v) is 3.70. The predicted octanol–water partition coefficient (Wildman–Crippen LogP) is 4.99. The molecule has 2 aliphatic rings. The highest BCUT2D eigenvalue weighted by atomic mass is 16.1. The van der Waals surface area contributed by atoms with Crippen LogP contribution in [0.2, 0.25) is 0 Å². The summed E-state index contributed by atoms with van der Waals surface area (Å²) in [6.07, 6.45) is 9.53. The fraction of sp³-hybridized carbons (Fsp3) is 0.941. The highest BCUT2D eigenvalue weighted by Gasteiger charge is 2.36. The summed E-state index contributed by atoms with van der Waals surface area (Å²) in [7, 11) is 0. The van der Waals surface area contributed by atoms with Crippen molar-refractivity contribution in [2.24, 2.45) is 22.7 Å². The van der Waals surface area contributed by atoms with Crippen molar-refractivity contribution in [3.63, 3.8) is 0 Å². The number of Topliss-reactive ketones (excluding diaryl/α,β-unsaturated/α-hetero) is 1. The lowest BCUT2D eigenvalue weighted by Crippen LogP contribution is -2.33. The zero-order valence-electron chi connectivity index (χ0n) is 12.7. The molecular formula is C17H30O. The quantitative estimate of drug-likeness (QED) is 0.675. The van der Waals surface area contributed by atoms with Crippen LogP contribution < -0.4 is 0 Å². The van der Waals surface area contributed by atoms with Crippen LogP contribution in [0.1, 0.15) is 79.1 Å². The van der Waals surface area contributed by atoms with Crippen LogP contribution in [-0.4, -0.2) is 5.78 Å². The van der Waals surface area contributed by atoms with Crippen molar-refractivity contribution < 1.29 is 4.79 Å². The SMILES string of the molecule is CC1(C)CCC(C(=O)C2CCC(C)(C)CC2)CC1. The molecule has 0 aromatic rings.